The van der Waals surface area contributed by atoms with Crippen molar-refractivity contribution in [1.82, 2.24) is 0 Å². The van der Waals surface area contributed by atoms with Crippen LogP contribution in [0.3, 0.4) is 0 Å². The molecule has 0 amide bonds. The summed E-state index contributed by atoms with van der Waals surface area (Å²) < 4.78 is 0.974. The van der Waals surface area contributed by atoms with E-state index in [2.05, 4.69) is 15.9 Å². The Bertz CT molecular complexity index is 279. The molecule has 3 heteroatoms. The molecule has 0 aromatic heterocycles. The van der Waals surface area contributed by atoms with Crippen molar-refractivity contribution in [2.75, 3.05) is 0 Å². The molecule has 0 aliphatic heterocycles. The molecule has 13 heavy (non-hydrogen) atoms. The molecule has 0 bridgehead atoms. The number of aryl methyl sites for hydroxylation is 1. The third kappa shape index (κ3) is 2.79. The van der Waals surface area contributed by atoms with Gasteiger partial charge in [0.1, 0.15) is 0 Å². The standard InChI is InChI=1S/C10H14BrNO/c1-6-3-8(5-9(11)4-6)10(13)7(2)12/h3-5,7,10,13H,12H2,1-2H3/t7-,10-/m1/s1. The summed E-state index contributed by atoms with van der Waals surface area (Å²) in [5, 5.41) is 9.70. The van der Waals surface area contributed by atoms with Crippen LogP contribution in [0.2, 0.25) is 0 Å². The number of aliphatic hydroxyl groups is 1. The van der Waals surface area contributed by atoms with E-state index in [1.807, 2.05) is 25.1 Å². The quantitative estimate of drug-likeness (QED) is 0.837. The van der Waals surface area contributed by atoms with Gasteiger partial charge in [0.05, 0.1) is 6.10 Å². The number of rotatable bonds is 2. The van der Waals surface area contributed by atoms with Crippen LogP contribution in [0.4, 0.5) is 0 Å². The third-order valence-electron chi connectivity index (χ3n) is 1.90. The van der Waals surface area contributed by atoms with E-state index in [0.29, 0.717) is 0 Å². The Morgan fingerprint density at radius 3 is 2.46 bits per heavy atom. The highest BCUT2D eigenvalue weighted by atomic mass is 79.9. The number of halogens is 1. The van der Waals surface area contributed by atoms with Gasteiger partial charge in [0.2, 0.25) is 0 Å². The van der Waals surface area contributed by atoms with Gasteiger partial charge in [-0.2, -0.15) is 0 Å². The summed E-state index contributed by atoms with van der Waals surface area (Å²) in [6, 6.07) is 5.59. The molecule has 0 saturated carbocycles. The number of nitrogens with two attached hydrogens (primary N) is 1. The summed E-state index contributed by atoms with van der Waals surface area (Å²) in [7, 11) is 0. The predicted octanol–water partition coefficient (Wildman–Crippen LogP) is 2.14. The van der Waals surface area contributed by atoms with Crippen molar-refractivity contribution in [1.29, 1.82) is 0 Å². The lowest BCUT2D eigenvalue weighted by Gasteiger charge is -2.15. The van der Waals surface area contributed by atoms with Crippen LogP contribution in [-0.4, -0.2) is 11.1 Å². The normalized spacial score (nSPS) is 15.5. The maximum Gasteiger partial charge on any atom is 0.0938 e. The molecule has 2 atom stereocenters. The van der Waals surface area contributed by atoms with E-state index in [0.717, 1.165) is 15.6 Å². The van der Waals surface area contributed by atoms with Gasteiger partial charge in [0.15, 0.2) is 0 Å². The summed E-state index contributed by atoms with van der Waals surface area (Å²) in [5.74, 6) is 0. The zero-order chi connectivity index (χ0) is 10.0. The summed E-state index contributed by atoms with van der Waals surface area (Å²) in [6.07, 6.45) is -0.587. The van der Waals surface area contributed by atoms with E-state index in [1.165, 1.54) is 0 Å². The minimum absolute atomic E-state index is 0.242. The van der Waals surface area contributed by atoms with Gasteiger partial charge in [0, 0.05) is 10.5 Å². The van der Waals surface area contributed by atoms with Gasteiger partial charge in [-0.15, -0.1) is 0 Å². The van der Waals surface area contributed by atoms with Crippen LogP contribution in [0, 0.1) is 6.92 Å². The van der Waals surface area contributed by atoms with Crippen molar-refractivity contribution >= 4 is 15.9 Å². The lowest BCUT2D eigenvalue weighted by molar-refractivity contribution is 0.153. The predicted molar refractivity (Wildman–Crippen MR) is 57.5 cm³/mol. The first-order valence-electron chi connectivity index (χ1n) is 4.21. The van der Waals surface area contributed by atoms with E-state index in [4.69, 9.17) is 5.73 Å². The Kier molecular flexibility index (Phi) is 3.47. The molecular weight excluding hydrogens is 230 g/mol. The molecule has 0 heterocycles. The van der Waals surface area contributed by atoms with Crippen molar-refractivity contribution in [3.8, 4) is 0 Å². The van der Waals surface area contributed by atoms with Gasteiger partial charge < -0.3 is 10.8 Å². The number of hydrogen-bond donors (Lipinski definition) is 2. The van der Waals surface area contributed by atoms with E-state index >= 15 is 0 Å². The fourth-order valence-electron chi connectivity index (χ4n) is 1.24. The second-order valence-corrected chi connectivity index (χ2v) is 4.28. The molecule has 0 aliphatic carbocycles. The SMILES string of the molecule is Cc1cc(Br)cc([C@H](O)[C@@H](C)N)c1. The van der Waals surface area contributed by atoms with Crippen molar-refractivity contribution < 1.29 is 5.11 Å². The van der Waals surface area contributed by atoms with Crippen LogP contribution >= 0.6 is 15.9 Å². The molecule has 0 unspecified atom stereocenters. The van der Waals surface area contributed by atoms with Crippen molar-refractivity contribution in [3.05, 3.63) is 33.8 Å². The Morgan fingerprint density at radius 2 is 2.00 bits per heavy atom. The number of hydrogen-bond acceptors (Lipinski definition) is 2. The molecule has 1 rings (SSSR count). The Hall–Kier alpha value is -0.380. The molecule has 0 saturated heterocycles. The van der Waals surface area contributed by atoms with E-state index in [-0.39, 0.29) is 6.04 Å². The topological polar surface area (TPSA) is 46.2 Å². The minimum Gasteiger partial charge on any atom is -0.387 e. The maximum atomic E-state index is 9.70. The molecule has 72 valence electrons. The first-order valence-corrected chi connectivity index (χ1v) is 5.00. The zero-order valence-electron chi connectivity index (χ0n) is 7.79. The van der Waals surface area contributed by atoms with Crippen LogP contribution in [0.5, 0.6) is 0 Å². The summed E-state index contributed by atoms with van der Waals surface area (Å²) >= 11 is 3.38. The monoisotopic (exact) mass is 243 g/mol. The van der Waals surface area contributed by atoms with Gasteiger partial charge in [0.25, 0.3) is 0 Å². The molecule has 0 fully saturated rings. The van der Waals surface area contributed by atoms with Crippen molar-refractivity contribution in [3.63, 3.8) is 0 Å². The van der Waals surface area contributed by atoms with Gasteiger partial charge in [-0.3, -0.25) is 0 Å². The molecule has 0 spiro atoms. The molecule has 2 nitrogen and oxygen atoms in total. The average molecular weight is 244 g/mol. The van der Waals surface area contributed by atoms with Crippen molar-refractivity contribution in [2.24, 2.45) is 5.73 Å². The van der Waals surface area contributed by atoms with Crippen LogP contribution in [0.15, 0.2) is 22.7 Å². The highest BCUT2D eigenvalue weighted by Crippen LogP contribution is 2.21. The van der Waals surface area contributed by atoms with E-state index in [9.17, 15) is 5.11 Å². The largest absolute Gasteiger partial charge is 0.387 e. The van der Waals surface area contributed by atoms with Crippen LogP contribution in [-0.2, 0) is 0 Å². The molecule has 1 aromatic rings. The Morgan fingerprint density at radius 1 is 1.38 bits per heavy atom. The minimum atomic E-state index is -0.587. The maximum absolute atomic E-state index is 9.70. The smallest absolute Gasteiger partial charge is 0.0938 e. The lowest BCUT2D eigenvalue weighted by atomic mass is 10.0. The molecule has 0 aliphatic rings. The first-order chi connectivity index (χ1) is 6.00. The fourth-order valence-corrected chi connectivity index (χ4v) is 1.86. The molecule has 1 aromatic carbocycles. The second-order valence-electron chi connectivity index (χ2n) is 3.37. The van der Waals surface area contributed by atoms with Crippen molar-refractivity contribution in [2.45, 2.75) is 26.0 Å². The van der Waals surface area contributed by atoms with Crippen LogP contribution < -0.4 is 5.73 Å². The lowest BCUT2D eigenvalue weighted by Crippen LogP contribution is -2.24. The molecular formula is C10H14BrNO. The fraction of sp³-hybridized carbons (Fsp3) is 0.400. The number of benzene rings is 1. The Labute approximate surface area is 86.9 Å². The zero-order valence-corrected chi connectivity index (χ0v) is 9.38. The highest BCUT2D eigenvalue weighted by Gasteiger charge is 2.12. The second kappa shape index (κ2) is 4.22. The van der Waals surface area contributed by atoms with Gasteiger partial charge >= 0.3 is 0 Å². The number of aliphatic hydroxyl groups excluding tert-OH is 1. The Balaban J connectivity index is 3.01. The first kappa shape index (κ1) is 10.7. The van der Waals surface area contributed by atoms with Gasteiger partial charge in [-0.05, 0) is 37.1 Å². The summed E-state index contributed by atoms with van der Waals surface area (Å²) in [6.45, 7) is 3.78. The molecule has 3 N–H and O–H groups in total. The van der Waals surface area contributed by atoms with E-state index in [1.54, 1.807) is 6.92 Å². The van der Waals surface area contributed by atoms with Crippen LogP contribution in [0.1, 0.15) is 24.2 Å². The average Bonchev–Trinajstić information content (AvgIpc) is 2.01. The highest BCUT2D eigenvalue weighted by molar-refractivity contribution is 9.10. The van der Waals surface area contributed by atoms with Gasteiger partial charge in [-0.1, -0.05) is 22.0 Å². The van der Waals surface area contributed by atoms with E-state index < -0.39 is 6.10 Å². The van der Waals surface area contributed by atoms with Gasteiger partial charge in [-0.25, -0.2) is 0 Å². The molecule has 0 radical (unpaired) electrons. The summed E-state index contributed by atoms with van der Waals surface area (Å²) in [5.41, 5.74) is 7.58. The third-order valence-corrected chi connectivity index (χ3v) is 2.36. The van der Waals surface area contributed by atoms with Crippen LogP contribution in [0.25, 0.3) is 0 Å². The summed E-state index contributed by atoms with van der Waals surface area (Å²) in [4.78, 5) is 0.